The van der Waals surface area contributed by atoms with Crippen molar-refractivity contribution in [1.82, 2.24) is 15.0 Å². The largest absolute Gasteiger partial charge is 0.368 e. The van der Waals surface area contributed by atoms with E-state index in [2.05, 4.69) is 30.6 Å². The maximum atomic E-state index is 8.84. The Morgan fingerprint density at radius 2 is 1.91 bits per heavy atom. The lowest BCUT2D eigenvalue weighted by Crippen LogP contribution is -2.16. The third kappa shape index (κ3) is 5.02. The van der Waals surface area contributed by atoms with Gasteiger partial charge >= 0.3 is 0 Å². The van der Waals surface area contributed by atoms with Crippen molar-refractivity contribution < 1.29 is 0 Å². The number of anilines is 2. The van der Waals surface area contributed by atoms with Crippen molar-refractivity contribution >= 4 is 46.9 Å². The molecule has 0 amide bonds. The van der Waals surface area contributed by atoms with Crippen molar-refractivity contribution in [2.75, 3.05) is 23.7 Å². The summed E-state index contributed by atoms with van der Waals surface area (Å²) in [5, 5.41) is 16.2. The Bertz CT molecular complexity index is 1230. The molecule has 3 aromatic rings. The Morgan fingerprint density at radius 1 is 1.06 bits per heavy atom. The Labute approximate surface area is 195 Å². The third-order valence-corrected chi connectivity index (χ3v) is 5.16. The molecule has 1 atom stereocenters. The molecule has 0 saturated heterocycles. The summed E-state index contributed by atoms with van der Waals surface area (Å²) in [6.07, 6.45) is 4.56. The summed E-state index contributed by atoms with van der Waals surface area (Å²) in [5.41, 5.74) is 3.49. The van der Waals surface area contributed by atoms with Gasteiger partial charge in [0, 0.05) is 47.8 Å². The maximum absolute atomic E-state index is 8.84. The highest BCUT2D eigenvalue weighted by Gasteiger charge is 2.21. The van der Waals surface area contributed by atoms with Crippen molar-refractivity contribution in [2.24, 2.45) is 9.98 Å². The molecule has 0 spiro atoms. The Kier molecular flexibility index (Phi) is 6.59. The number of nitrogens with one attached hydrogen (secondary N) is 2. The van der Waals surface area contributed by atoms with Crippen molar-refractivity contribution in [1.29, 1.82) is 5.26 Å². The number of hydrogen-bond acceptors (Lipinski definition) is 8. The Hall–Kier alpha value is -3.54. The van der Waals surface area contributed by atoms with E-state index in [1.165, 1.54) is 6.20 Å². The van der Waals surface area contributed by atoms with Crippen LogP contribution in [0.1, 0.15) is 24.2 Å². The molecular formula is C22H18Cl2N8. The lowest BCUT2D eigenvalue weighted by atomic mass is 10.1. The number of nitriles is 1. The van der Waals surface area contributed by atoms with Crippen molar-refractivity contribution in [3.8, 4) is 17.3 Å². The molecule has 8 nitrogen and oxygen atoms in total. The lowest BCUT2D eigenvalue weighted by Gasteiger charge is -2.14. The van der Waals surface area contributed by atoms with Crippen LogP contribution in [0.3, 0.4) is 0 Å². The number of halogens is 2. The molecule has 0 bridgehead atoms. The molecule has 0 unspecified atom stereocenters. The monoisotopic (exact) mass is 464 g/mol. The molecule has 0 aliphatic carbocycles. The van der Waals surface area contributed by atoms with E-state index in [-0.39, 0.29) is 0 Å². The van der Waals surface area contributed by atoms with Gasteiger partial charge in [0.15, 0.2) is 6.17 Å². The molecule has 2 aromatic heterocycles. The minimum Gasteiger partial charge on any atom is -0.368 e. The van der Waals surface area contributed by atoms with Crippen LogP contribution in [0, 0.1) is 11.3 Å². The summed E-state index contributed by atoms with van der Waals surface area (Å²) in [5.74, 6) is 1.13. The first-order valence-corrected chi connectivity index (χ1v) is 10.5. The summed E-state index contributed by atoms with van der Waals surface area (Å²) in [4.78, 5) is 22.3. The molecule has 0 saturated carbocycles. The quantitative estimate of drug-likeness (QED) is 0.486. The summed E-state index contributed by atoms with van der Waals surface area (Å²) < 4.78 is 0. The van der Waals surface area contributed by atoms with Crippen molar-refractivity contribution in [3.05, 3.63) is 63.9 Å². The highest BCUT2D eigenvalue weighted by Crippen LogP contribution is 2.36. The Balaban J connectivity index is 1.51. The average Bonchev–Trinajstić information content (AvgIpc) is 3.23. The summed E-state index contributed by atoms with van der Waals surface area (Å²) in [6, 6.07) is 10.8. The van der Waals surface area contributed by atoms with Crippen LogP contribution in [0.5, 0.6) is 0 Å². The second kappa shape index (κ2) is 9.73. The number of aromatic nitrogens is 3. The second-order valence-corrected chi connectivity index (χ2v) is 7.79. The van der Waals surface area contributed by atoms with E-state index in [0.29, 0.717) is 46.2 Å². The lowest BCUT2D eigenvalue weighted by molar-refractivity contribution is 0.788. The highest BCUT2D eigenvalue weighted by atomic mass is 35.5. The van der Waals surface area contributed by atoms with Gasteiger partial charge in [-0.15, -0.1) is 0 Å². The molecule has 1 aliphatic rings. The van der Waals surface area contributed by atoms with Gasteiger partial charge in [-0.1, -0.05) is 23.2 Å². The average molecular weight is 465 g/mol. The van der Waals surface area contributed by atoms with Crippen LogP contribution in [0.15, 0.2) is 52.7 Å². The molecule has 4 rings (SSSR count). The van der Waals surface area contributed by atoms with Crippen molar-refractivity contribution in [3.63, 3.8) is 0 Å². The maximum Gasteiger partial charge on any atom is 0.223 e. The van der Waals surface area contributed by atoms with Crippen molar-refractivity contribution in [2.45, 2.75) is 13.1 Å². The molecule has 1 aliphatic heterocycles. The standard InChI is InChI=1S/C22H18Cl2N8/c1-13-10-29-21(31-13)17-12-30-22(32-20(17)16-4-3-15(23)8-18(16)24)27-7-6-26-19-5-2-14(9-25)11-28-19/h2-5,8,10-12,21H,6-7H2,1H3,(H,26,28)(H,27,30,32)/t21-/m0/s1. The van der Waals surface area contributed by atoms with E-state index < -0.39 is 6.17 Å². The molecule has 32 heavy (non-hydrogen) atoms. The van der Waals surface area contributed by atoms with Gasteiger partial charge in [0.25, 0.3) is 0 Å². The summed E-state index contributed by atoms with van der Waals surface area (Å²) in [6.45, 7) is 3.02. The van der Waals surface area contributed by atoms with E-state index in [0.717, 1.165) is 16.8 Å². The number of pyridine rings is 1. The van der Waals surface area contributed by atoms with Crippen LogP contribution in [0.2, 0.25) is 10.0 Å². The van der Waals surface area contributed by atoms with Gasteiger partial charge < -0.3 is 10.6 Å². The fourth-order valence-electron chi connectivity index (χ4n) is 3.08. The third-order valence-electron chi connectivity index (χ3n) is 4.62. The highest BCUT2D eigenvalue weighted by molar-refractivity contribution is 6.36. The first-order chi connectivity index (χ1) is 15.5. The van der Waals surface area contributed by atoms with Crippen LogP contribution >= 0.6 is 23.2 Å². The van der Waals surface area contributed by atoms with Crippen LogP contribution < -0.4 is 10.6 Å². The zero-order valence-electron chi connectivity index (χ0n) is 17.0. The first kappa shape index (κ1) is 21.7. The van der Waals surface area contributed by atoms with Gasteiger partial charge in [-0.3, -0.25) is 9.98 Å². The summed E-state index contributed by atoms with van der Waals surface area (Å²) in [7, 11) is 0. The van der Waals surface area contributed by atoms with Gasteiger partial charge in [-0.25, -0.2) is 15.0 Å². The fraction of sp³-hybridized carbons (Fsp3) is 0.182. The Morgan fingerprint density at radius 3 is 2.59 bits per heavy atom. The van der Waals surface area contributed by atoms with Crippen LogP contribution in [0.25, 0.3) is 11.3 Å². The topological polar surface area (TPSA) is 111 Å². The minimum atomic E-state index is -0.407. The molecular weight excluding hydrogens is 447 g/mol. The number of rotatable bonds is 7. The van der Waals surface area contributed by atoms with E-state index >= 15 is 0 Å². The fourth-order valence-corrected chi connectivity index (χ4v) is 3.58. The van der Waals surface area contributed by atoms with Crippen LogP contribution in [-0.2, 0) is 0 Å². The van der Waals surface area contributed by atoms with Crippen LogP contribution in [-0.4, -0.2) is 40.0 Å². The molecule has 1 aromatic carbocycles. The van der Waals surface area contributed by atoms with Gasteiger partial charge in [0.2, 0.25) is 5.95 Å². The van der Waals surface area contributed by atoms with Gasteiger partial charge in [-0.05, 0) is 37.3 Å². The number of nitrogens with zero attached hydrogens (tertiary/aromatic N) is 6. The van der Waals surface area contributed by atoms with E-state index in [1.807, 2.05) is 19.1 Å². The van der Waals surface area contributed by atoms with E-state index in [4.69, 9.17) is 33.4 Å². The molecule has 3 heterocycles. The minimum absolute atomic E-state index is 0.407. The van der Waals surface area contributed by atoms with E-state index in [1.54, 1.807) is 36.7 Å². The van der Waals surface area contributed by atoms with Gasteiger partial charge in [-0.2, -0.15) is 5.26 Å². The van der Waals surface area contributed by atoms with Crippen LogP contribution in [0.4, 0.5) is 11.8 Å². The molecule has 0 fully saturated rings. The molecule has 160 valence electrons. The normalized spacial score (nSPS) is 14.7. The predicted molar refractivity (Wildman–Crippen MR) is 128 cm³/mol. The SMILES string of the molecule is CC1=N[C@@H](c2cnc(NCCNc3ccc(C#N)cn3)nc2-c2ccc(Cl)cc2Cl)N=C1. The first-order valence-electron chi connectivity index (χ1n) is 9.77. The second-order valence-electron chi connectivity index (χ2n) is 6.94. The summed E-state index contributed by atoms with van der Waals surface area (Å²) >= 11 is 12.5. The molecule has 0 radical (unpaired) electrons. The number of aliphatic imine (C=N–C) groups is 2. The number of hydrogen-bond donors (Lipinski definition) is 2. The molecule has 10 heteroatoms. The van der Waals surface area contributed by atoms with Gasteiger partial charge in [0.05, 0.1) is 22.0 Å². The predicted octanol–water partition coefficient (Wildman–Crippen LogP) is 4.78. The zero-order valence-corrected chi connectivity index (χ0v) is 18.6. The zero-order chi connectivity index (χ0) is 22.5. The van der Waals surface area contributed by atoms with E-state index in [9.17, 15) is 0 Å². The number of benzene rings is 1. The van der Waals surface area contributed by atoms with Gasteiger partial charge in [0.1, 0.15) is 11.9 Å². The smallest absolute Gasteiger partial charge is 0.223 e. The molecule has 2 N–H and O–H groups in total.